The number of nitrogens with zero attached hydrogens (tertiary/aromatic N) is 3. The van der Waals surface area contributed by atoms with E-state index in [1.165, 1.54) is 28.8 Å². The summed E-state index contributed by atoms with van der Waals surface area (Å²) in [5.41, 5.74) is 1.51. The molecule has 0 aliphatic carbocycles. The van der Waals surface area contributed by atoms with E-state index in [2.05, 4.69) is 4.98 Å². The Hall–Kier alpha value is -1.97. The van der Waals surface area contributed by atoms with Crippen LogP contribution in [0.1, 0.15) is 41.1 Å². The minimum absolute atomic E-state index is 0.00100. The SMILES string of the molecule is CN(C)S(=O)(=O)N1CCC[C@@H](c2ccc(Cc3cccc(C(F)(F)F)c3)cn2)C1. The van der Waals surface area contributed by atoms with Crippen LogP contribution >= 0.6 is 0 Å². The predicted molar refractivity (Wildman–Crippen MR) is 105 cm³/mol. The highest BCUT2D eigenvalue weighted by Crippen LogP contribution is 2.30. The van der Waals surface area contributed by atoms with Gasteiger partial charge in [-0.3, -0.25) is 4.98 Å². The summed E-state index contributed by atoms with van der Waals surface area (Å²) in [4.78, 5) is 4.47. The second-order valence-corrected chi connectivity index (χ2v) is 9.60. The Morgan fingerprint density at radius 1 is 1.17 bits per heavy atom. The first-order valence-electron chi connectivity index (χ1n) is 9.36. The van der Waals surface area contributed by atoms with Crippen molar-refractivity contribution in [3.63, 3.8) is 0 Å². The van der Waals surface area contributed by atoms with Crippen LogP contribution in [0.3, 0.4) is 0 Å². The third-order valence-electron chi connectivity index (χ3n) is 5.10. The molecule has 1 aromatic heterocycles. The quantitative estimate of drug-likeness (QED) is 0.732. The van der Waals surface area contributed by atoms with Crippen molar-refractivity contribution in [1.82, 2.24) is 13.6 Å². The molecule has 0 saturated carbocycles. The third-order valence-corrected chi connectivity index (χ3v) is 7.01. The zero-order valence-electron chi connectivity index (χ0n) is 16.4. The van der Waals surface area contributed by atoms with Crippen LogP contribution in [0.25, 0.3) is 0 Å². The lowest BCUT2D eigenvalue weighted by molar-refractivity contribution is -0.137. The van der Waals surface area contributed by atoms with Crippen LogP contribution in [-0.2, 0) is 22.8 Å². The molecule has 1 aliphatic rings. The number of rotatable bonds is 5. The molecule has 158 valence electrons. The fourth-order valence-corrected chi connectivity index (χ4v) is 4.69. The second-order valence-electron chi connectivity index (χ2n) is 7.45. The van der Waals surface area contributed by atoms with E-state index in [1.54, 1.807) is 12.3 Å². The van der Waals surface area contributed by atoms with E-state index < -0.39 is 21.9 Å². The van der Waals surface area contributed by atoms with E-state index in [-0.39, 0.29) is 5.92 Å². The maximum absolute atomic E-state index is 12.9. The van der Waals surface area contributed by atoms with Crippen LogP contribution < -0.4 is 0 Å². The van der Waals surface area contributed by atoms with E-state index >= 15 is 0 Å². The van der Waals surface area contributed by atoms with Crippen LogP contribution in [0.15, 0.2) is 42.6 Å². The van der Waals surface area contributed by atoms with Gasteiger partial charge in [0.2, 0.25) is 0 Å². The molecule has 9 heteroatoms. The number of piperidine rings is 1. The molecule has 0 spiro atoms. The molecular weight excluding hydrogens is 403 g/mol. The fraction of sp³-hybridized carbons (Fsp3) is 0.450. The summed E-state index contributed by atoms with van der Waals surface area (Å²) in [6.07, 6.45) is -0.749. The van der Waals surface area contributed by atoms with Gasteiger partial charge in [0, 0.05) is 45.0 Å². The molecular formula is C20H24F3N3O2S. The van der Waals surface area contributed by atoms with E-state index in [4.69, 9.17) is 0 Å². The first-order chi connectivity index (χ1) is 13.6. The van der Waals surface area contributed by atoms with Crippen molar-refractivity contribution in [1.29, 1.82) is 0 Å². The van der Waals surface area contributed by atoms with Crippen molar-refractivity contribution >= 4 is 10.2 Å². The average molecular weight is 427 g/mol. The van der Waals surface area contributed by atoms with Crippen LogP contribution in [-0.4, -0.2) is 49.2 Å². The molecule has 2 aromatic rings. The second kappa shape index (κ2) is 8.41. The minimum atomic E-state index is -4.36. The van der Waals surface area contributed by atoms with Gasteiger partial charge in [0.05, 0.1) is 5.56 Å². The summed E-state index contributed by atoms with van der Waals surface area (Å²) < 4.78 is 66.0. The van der Waals surface area contributed by atoms with Crippen molar-refractivity contribution in [3.05, 3.63) is 65.0 Å². The number of alkyl halides is 3. The maximum atomic E-state index is 12.9. The Morgan fingerprint density at radius 3 is 2.55 bits per heavy atom. The molecule has 0 bridgehead atoms. The summed E-state index contributed by atoms with van der Waals surface area (Å²) in [5.74, 6) is 0.00100. The summed E-state index contributed by atoms with van der Waals surface area (Å²) in [6.45, 7) is 0.866. The summed E-state index contributed by atoms with van der Waals surface area (Å²) >= 11 is 0. The Morgan fingerprint density at radius 2 is 1.93 bits per heavy atom. The van der Waals surface area contributed by atoms with Crippen molar-refractivity contribution in [3.8, 4) is 0 Å². The lowest BCUT2D eigenvalue weighted by atomic mass is 9.95. The lowest BCUT2D eigenvalue weighted by Crippen LogP contribution is -2.45. The molecule has 3 rings (SSSR count). The van der Waals surface area contributed by atoms with Gasteiger partial charge in [-0.1, -0.05) is 24.3 Å². The van der Waals surface area contributed by atoms with Gasteiger partial charge in [-0.25, -0.2) is 0 Å². The highest BCUT2D eigenvalue weighted by atomic mass is 32.2. The van der Waals surface area contributed by atoms with Crippen LogP contribution in [0.2, 0.25) is 0 Å². The van der Waals surface area contributed by atoms with Gasteiger partial charge in [0.15, 0.2) is 0 Å². The van der Waals surface area contributed by atoms with Crippen molar-refractivity contribution in [2.75, 3.05) is 27.2 Å². The number of pyridine rings is 1. The van der Waals surface area contributed by atoms with Crippen LogP contribution in [0.5, 0.6) is 0 Å². The molecule has 1 fully saturated rings. The normalized spacial score (nSPS) is 18.9. The first-order valence-corrected chi connectivity index (χ1v) is 10.8. The molecule has 0 amide bonds. The maximum Gasteiger partial charge on any atom is 0.416 e. The highest BCUT2D eigenvalue weighted by Gasteiger charge is 2.32. The predicted octanol–water partition coefficient (Wildman–Crippen LogP) is 3.68. The Balaban J connectivity index is 1.71. The number of hydrogen-bond acceptors (Lipinski definition) is 3. The minimum Gasteiger partial charge on any atom is -0.261 e. The van der Waals surface area contributed by atoms with E-state index in [0.29, 0.717) is 25.1 Å². The Labute approximate surface area is 169 Å². The molecule has 0 N–H and O–H groups in total. The highest BCUT2D eigenvalue weighted by molar-refractivity contribution is 7.86. The zero-order chi connectivity index (χ0) is 21.2. The van der Waals surface area contributed by atoms with Gasteiger partial charge in [-0.15, -0.1) is 0 Å². The number of halogens is 3. The summed E-state index contributed by atoms with van der Waals surface area (Å²) in [7, 11) is -0.432. The van der Waals surface area contributed by atoms with E-state index in [0.717, 1.165) is 36.2 Å². The molecule has 1 aliphatic heterocycles. The van der Waals surface area contributed by atoms with Gasteiger partial charge in [0.25, 0.3) is 10.2 Å². The average Bonchev–Trinajstić information content (AvgIpc) is 2.68. The van der Waals surface area contributed by atoms with Crippen molar-refractivity contribution in [2.45, 2.75) is 31.4 Å². The zero-order valence-corrected chi connectivity index (χ0v) is 17.2. The van der Waals surface area contributed by atoms with Gasteiger partial charge in [0.1, 0.15) is 0 Å². The standard InChI is InChI=1S/C20H24F3N3O2S/c1-25(2)29(27,28)26-10-4-6-17(14-26)19-9-8-16(13-24-19)11-15-5-3-7-18(12-15)20(21,22)23/h3,5,7-9,12-13,17H,4,6,10-11,14H2,1-2H3/t17-/m1/s1. The van der Waals surface area contributed by atoms with E-state index in [1.807, 2.05) is 12.1 Å². The molecule has 2 heterocycles. The summed E-state index contributed by atoms with van der Waals surface area (Å²) in [5, 5.41) is 0. The monoisotopic (exact) mass is 427 g/mol. The molecule has 0 unspecified atom stereocenters. The molecule has 1 atom stereocenters. The number of hydrogen-bond donors (Lipinski definition) is 0. The fourth-order valence-electron chi connectivity index (χ4n) is 3.50. The molecule has 1 saturated heterocycles. The first kappa shape index (κ1) is 21.7. The van der Waals surface area contributed by atoms with Crippen LogP contribution in [0, 0.1) is 0 Å². The van der Waals surface area contributed by atoms with Gasteiger partial charge in [-0.2, -0.15) is 30.2 Å². The van der Waals surface area contributed by atoms with Gasteiger partial charge in [-0.05, 0) is 42.5 Å². The lowest BCUT2D eigenvalue weighted by Gasteiger charge is -2.33. The third kappa shape index (κ3) is 5.15. The molecule has 5 nitrogen and oxygen atoms in total. The van der Waals surface area contributed by atoms with Gasteiger partial charge >= 0.3 is 6.18 Å². The van der Waals surface area contributed by atoms with E-state index in [9.17, 15) is 21.6 Å². The molecule has 0 radical (unpaired) electrons. The number of aromatic nitrogens is 1. The van der Waals surface area contributed by atoms with Gasteiger partial charge < -0.3 is 0 Å². The summed E-state index contributed by atoms with van der Waals surface area (Å²) in [6, 6.07) is 8.97. The Bertz CT molecular complexity index is 944. The topological polar surface area (TPSA) is 53.5 Å². The largest absolute Gasteiger partial charge is 0.416 e. The molecule has 29 heavy (non-hydrogen) atoms. The number of benzene rings is 1. The van der Waals surface area contributed by atoms with Crippen molar-refractivity contribution < 1.29 is 21.6 Å². The van der Waals surface area contributed by atoms with Crippen molar-refractivity contribution in [2.24, 2.45) is 0 Å². The Kier molecular flexibility index (Phi) is 6.30. The van der Waals surface area contributed by atoms with Crippen LogP contribution in [0.4, 0.5) is 13.2 Å². The smallest absolute Gasteiger partial charge is 0.261 e. The molecule has 1 aromatic carbocycles.